The van der Waals surface area contributed by atoms with Crippen molar-refractivity contribution in [3.63, 3.8) is 0 Å². The Bertz CT molecular complexity index is 334. The lowest BCUT2D eigenvalue weighted by molar-refractivity contribution is 0.548. The van der Waals surface area contributed by atoms with Crippen LogP contribution < -0.4 is 0 Å². The third-order valence-electron chi connectivity index (χ3n) is 4.24. The molecule has 1 heteroatoms. The smallest absolute Gasteiger partial charge is 0.103 e. The van der Waals surface area contributed by atoms with Gasteiger partial charge in [-0.2, -0.15) is 5.26 Å². The Morgan fingerprint density at radius 3 is 1.40 bits per heavy atom. The van der Waals surface area contributed by atoms with E-state index in [1.54, 1.807) is 0 Å². The highest BCUT2D eigenvalue weighted by molar-refractivity contribution is 5.20. The average molecular weight is 273 g/mol. The molecule has 0 heterocycles. The highest BCUT2D eigenvalue weighted by Gasteiger charge is 2.01. The van der Waals surface area contributed by atoms with E-state index in [0.717, 1.165) is 18.4 Å². The molecule has 1 aliphatic carbocycles. The van der Waals surface area contributed by atoms with Crippen LogP contribution in [-0.4, -0.2) is 0 Å². The van der Waals surface area contributed by atoms with E-state index in [1.165, 1.54) is 82.6 Å². The van der Waals surface area contributed by atoms with Crippen LogP contribution >= 0.6 is 0 Å². The van der Waals surface area contributed by atoms with Gasteiger partial charge in [0, 0.05) is 0 Å². The molecule has 0 aliphatic heterocycles. The van der Waals surface area contributed by atoms with Crippen molar-refractivity contribution in [1.29, 1.82) is 5.26 Å². The first kappa shape index (κ1) is 17.1. The first-order valence-electron chi connectivity index (χ1n) is 8.68. The van der Waals surface area contributed by atoms with Crippen molar-refractivity contribution in [3.8, 4) is 6.07 Å². The summed E-state index contributed by atoms with van der Waals surface area (Å²) >= 11 is 0. The maximum Gasteiger partial charge on any atom is 0.103 e. The number of hydrogen-bond donors (Lipinski definition) is 0. The Kier molecular flexibility index (Phi) is 10.1. The maximum absolute atomic E-state index is 8.91. The van der Waals surface area contributed by atoms with Gasteiger partial charge in [-0.25, -0.2) is 0 Å². The Morgan fingerprint density at radius 1 is 0.700 bits per heavy atom. The van der Waals surface area contributed by atoms with E-state index in [1.807, 2.05) is 6.92 Å². The number of nitrogens with zero attached hydrogens (tertiary/aromatic N) is 1. The molecule has 0 bridgehead atoms. The Hall–Kier alpha value is -0.990. The molecule has 112 valence electrons. The normalized spacial score (nSPS) is 20.1. The summed E-state index contributed by atoms with van der Waals surface area (Å²) in [6.45, 7) is 1.88. The second-order valence-electron chi connectivity index (χ2n) is 6.21. The zero-order valence-corrected chi connectivity index (χ0v) is 13.3. The van der Waals surface area contributed by atoms with E-state index < -0.39 is 0 Å². The highest BCUT2D eigenvalue weighted by atomic mass is 14.2. The largest absolute Gasteiger partial charge is 0.192 e. The predicted molar refractivity (Wildman–Crippen MR) is 86.5 cm³/mol. The quantitative estimate of drug-likeness (QED) is 0.367. The van der Waals surface area contributed by atoms with E-state index in [2.05, 4.69) is 11.8 Å². The number of nitriles is 1. The molecule has 0 unspecified atom stereocenters. The minimum absolute atomic E-state index is 0.748. The summed E-state index contributed by atoms with van der Waals surface area (Å²) in [7, 11) is 0. The summed E-state index contributed by atoms with van der Waals surface area (Å²) in [5.41, 5.74) is 5.47. The molecule has 0 aromatic rings. The van der Waals surface area contributed by atoms with Crippen LogP contribution in [0.1, 0.15) is 96.8 Å². The lowest BCUT2D eigenvalue weighted by Gasteiger charge is -2.05. The first-order valence-corrected chi connectivity index (χ1v) is 8.68. The fraction of sp³-hybridized carbons (Fsp3) is 0.789. The third-order valence-corrected chi connectivity index (χ3v) is 4.24. The lowest BCUT2D eigenvalue weighted by Crippen LogP contribution is -1.87. The molecule has 1 nitrogen and oxygen atoms in total. The minimum atomic E-state index is 0.748. The van der Waals surface area contributed by atoms with E-state index >= 15 is 0 Å². The SMILES string of the molecule is CC(=C=C1CCCCCCCCCCCCCC1)C#N. The van der Waals surface area contributed by atoms with Gasteiger partial charge in [0.25, 0.3) is 0 Å². The fourth-order valence-corrected chi connectivity index (χ4v) is 2.99. The molecule has 0 saturated heterocycles. The molecule has 0 aromatic carbocycles. The van der Waals surface area contributed by atoms with E-state index in [9.17, 15) is 0 Å². The van der Waals surface area contributed by atoms with Gasteiger partial charge < -0.3 is 0 Å². The van der Waals surface area contributed by atoms with Gasteiger partial charge in [0.15, 0.2) is 0 Å². The maximum atomic E-state index is 8.91. The molecule has 0 atom stereocenters. The molecule has 0 radical (unpaired) electrons. The van der Waals surface area contributed by atoms with Gasteiger partial charge in [-0.1, -0.05) is 64.2 Å². The summed E-state index contributed by atoms with van der Waals surface area (Å²) < 4.78 is 0. The van der Waals surface area contributed by atoms with Crippen molar-refractivity contribution in [2.75, 3.05) is 0 Å². The minimum Gasteiger partial charge on any atom is -0.192 e. The lowest BCUT2D eigenvalue weighted by atomic mass is 10.00. The third kappa shape index (κ3) is 9.00. The number of allylic oxidation sites excluding steroid dienone is 1. The van der Waals surface area contributed by atoms with Crippen molar-refractivity contribution < 1.29 is 0 Å². The van der Waals surface area contributed by atoms with Crippen LogP contribution in [0.4, 0.5) is 0 Å². The molecule has 20 heavy (non-hydrogen) atoms. The molecular formula is C19H31N. The molecule has 0 aromatic heterocycles. The van der Waals surface area contributed by atoms with Crippen molar-refractivity contribution in [2.24, 2.45) is 0 Å². The number of hydrogen-bond acceptors (Lipinski definition) is 1. The van der Waals surface area contributed by atoms with Gasteiger partial charge in [0.1, 0.15) is 6.07 Å². The summed E-state index contributed by atoms with van der Waals surface area (Å²) in [4.78, 5) is 0. The topological polar surface area (TPSA) is 23.8 Å². The summed E-state index contributed by atoms with van der Waals surface area (Å²) in [6, 6.07) is 2.21. The van der Waals surface area contributed by atoms with E-state index in [0.29, 0.717) is 0 Å². The monoisotopic (exact) mass is 273 g/mol. The van der Waals surface area contributed by atoms with Crippen molar-refractivity contribution >= 4 is 0 Å². The van der Waals surface area contributed by atoms with Gasteiger partial charge in [0.2, 0.25) is 0 Å². The van der Waals surface area contributed by atoms with Gasteiger partial charge in [0.05, 0.1) is 5.57 Å². The predicted octanol–water partition coefficient (Wildman–Crippen LogP) is 6.46. The molecular weight excluding hydrogens is 242 g/mol. The molecule has 1 saturated carbocycles. The second kappa shape index (κ2) is 11.8. The van der Waals surface area contributed by atoms with Crippen LogP contribution in [0.3, 0.4) is 0 Å². The van der Waals surface area contributed by atoms with Crippen LogP contribution in [0, 0.1) is 11.3 Å². The molecule has 1 fully saturated rings. The van der Waals surface area contributed by atoms with E-state index in [4.69, 9.17) is 5.26 Å². The zero-order chi connectivity index (χ0) is 14.5. The van der Waals surface area contributed by atoms with Crippen LogP contribution in [0.25, 0.3) is 0 Å². The highest BCUT2D eigenvalue weighted by Crippen LogP contribution is 2.19. The van der Waals surface area contributed by atoms with Crippen molar-refractivity contribution in [2.45, 2.75) is 96.8 Å². The Labute approximate surface area is 125 Å². The molecule has 0 spiro atoms. The van der Waals surface area contributed by atoms with Crippen LogP contribution in [0.5, 0.6) is 0 Å². The fourth-order valence-electron chi connectivity index (χ4n) is 2.99. The second-order valence-corrected chi connectivity index (χ2v) is 6.21. The zero-order valence-electron chi connectivity index (χ0n) is 13.3. The van der Waals surface area contributed by atoms with Crippen LogP contribution in [0.15, 0.2) is 16.9 Å². The van der Waals surface area contributed by atoms with Crippen molar-refractivity contribution in [3.05, 3.63) is 16.9 Å². The summed E-state index contributed by atoms with van der Waals surface area (Å²) in [6.07, 6.45) is 18.9. The van der Waals surface area contributed by atoms with Gasteiger partial charge in [-0.3, -0.25) is 0 Å². The first-order chi connectivity index (χ1) is 9.83. The molecule has 1 rings (SSSR count). The Balaban J connectivity index is 2.49. The van der Waals surface area contributed by atoms with Crippen LogP contribution in [0.2, 0.25) is 0 Å². The van der Waals surface area contributed by atoms with Crippen LogP contribution in [-0.2, 0) is 0 Å². The van der Waals surface area contributed by atoms with Gasteiger partial charge in [-0.05, 0) is 38.2 Å². The Morgan fingerprint density at radius 2 is 1.05 bits per heavy atom. The van der Waals surface area contributed by atoms with Crippen molar-refractivity contribution in [1.82, 2.24) is 0 Å². The van der Waals surface area contributed by atoms with Gasteiger partial charge in [-0.15, -0.1) is 5.73 Å². The van der Waals surface area contributed by atoms with E-state index in [-0.39, 0.29) is 0 Å². The van der Waals surface area contributed by atoms with Gasteiger partial charge >= 0.3 is 0 Å². The molecule has 0 amide bonds. The number of rotatable bonds is 0. The standard InChI is InChI=1S/C19H31N/c1-18(17-20)16-19-14-12-10-8-6-4-2-3-5-7-9-11-13-15-19/h2-15H2,1H3. The summed E-state index contributed by atoms with van der Waals surface area (Å²) in [5.74, 6) is 0. The molecule has 0 N–H and O–H groups in total. The molecule has 1 aliphatic rings. The summed E-state index contributed by atoms with van der Waals surface area (Å²) in [5, 5.41) is 8.91. The average Bonchev–Trinajstić information content (AvgIpc) is 2.47.